The SMILES string of the molecule is CCCCCCCCC(CC)OC(=O)CCCCCN(CCCCCCCC(=O)OC(CCCCCCCC)CCCCCCCC)CC(O)CCCCNC(=O)c1cc[nH]c1. The summed E-state index contributed by atoms with van der Waals surface area (Å²) in [6, 6.07) is 1.76. The van der Waals surface area contributed by atoms with E-state index in [-0.39, 0.29) is 30.1 Å². The van der Waals surface area contributed by atoms with Crippen LogP contribution in [0.2, 0.25) is 0 Å². The lowest BCUT2D eigenvalue weighted by atomic mass is 10.0. The van der Waals surface area contributed by atoms with Crippen LogP contribution in [0.3, 0.4) is 0 Å². The summed E-state index contributed by atoms with van der Waals surface area (Å²) in [5.41, 5.74) is 0.634. The average molecular weight is 874 g/mol. The van der Waals surface area contributed by atoms with Gasteiger partial charge in [-0.25, -0.2) is 0 Å². The Labute approximate surface area is 381 Å². The molecule has 0 aliphatic heterocycles. The van der Waals surface area contributed by atoms with Crippen molar-refractivity contribution in [2.75, 3.05) is 26.2 Å². The number of hydrogen-bond acceptors (Lipinski definition) is 7. The van der Waals surface area contributed by atoms with Gasteiger partial charge in [0.15, 0.2) is 0 Å². The summed E-state index contributed by atoms with van der Waals surface area (Å²) < 4.78 is 11.9. The smallest absolute Gasteiger partial charge is 0.306 e. The van der Waals surface area contributed by atoms with Crippen molar-refractivity contribution in [3.8, 4) is 0 Å². The Kier molecular flexibility index (Phi) is 39.6. The van der Waals surface area contributed by atoms with Crippen LogP contribution in [-0.2, 0) is 19.1 Å². The lowest BCUT2D eigenvalue weighted by Gasteiger charge is -2.25. The van der Waals surface area contributed by atoms with Crippen molar-refractivity contribution in [1.29, 1.82) is 0 Å². The van der Waals surface area contributed by atoms with Gasteiger partial charge in [0.2, 0.25) is 0 Å². The number of esters is 2. The third-order valence-electron chi connectivity index (χ3n) is 12.5. The minimum Gasteiger partial charge on any atom is -0.462 e. The van der Waals surface area contributed by atoms with Crippen molar-refractivity contribution < 1.29 is 29.0 Å². The van der Waals surface area contributed by atoms with Crippen LogP contribution < -0.4 is 5.32 Å². The Hall–Kier alpha value is -2.39. The van der Waals surface area contributed by atoms with E-state index in [0.717, 1.165) is 122 Å². The number of nitrogens with zero attached hydrogens (tertiary/aromatic N) is 1. The number of rotatable bonds is 46. The standard InChI is InChI=1S/C53H99N3O6/c1-5-9-12-15-19-25-35-49(8-4)61-51(58)39-29-24-33-44-56(46-48(57)34-30-31-41-55-53(60)47-40-42-54-45-47)43-32-23-18-22-28-38-52(59)62-50(36-26-20-16-13-10-6-2)37-27-21-17-14-11-7-3/h40,42,45,48-50,54,57H,5-39,41,43-44,46H2,1-4H3,(H,55,60). The Morgan fingerprint density at radius 3 is 1.50 bits per heavy atom. The number of hydrogen-bond donors (Lipinski definition) is 3. The Morgan fingerprint density at radius 2 is 1.00 bits per heavy atom. The number of H-pyrrole nitrogens is 1. The van der Waals surface area contributed by atoms with Crippen molar-refractivity contribution in [3.63, 3.8) is 0 Å². The van der Waals surface area contributed by atoms with Gasteiger partial charge in [-0.1, -0.05) is 150 Å². The van der Waals surface area contributed by atoms with Gasteiger partial charge in [0.25, 0.3) is 5.91 Å². The molecule has 1 rings (SSSR count). The van der Waals surface area contributed by atoms with E-state index >= 15 is 0 Å². The minimum atomic E-state index is -0.417. The van der Waals surface area contributed by atoms with E-state index in [1.165, 1.54) is 96.3 Å². The largest absolute Gasteiger partial charge is 0.462 e. The molecule has 0 aliphatic carbocycles. The summed E-state index contributed by atoms with van der Waals surface area (Å²) in [5, 5.41) is 14.0. The quantitative estimate of drug-likeness (QED) is 0.0441. The molecule has 0 aromatic carbocycles. The molecular weight excluding hydrogens is 775 g/mol. The summed E-state index contributed by atoms with van der Waals surface area (Å²) in [5.74, 6) is -0.147. The predicted octanol–water partition coefficient (Wildman–Crippen LogP) is 14.0. The minimum absolute atomic E-state index is 0.0122. The first-order chi connectivity index (χ1) is 30.3. The fourth-order valence-corrected chi connectivity index (χ4v) is 8.43. The maximum Gasteiger partial charge on any atom is 0.306 e. The fraction of sp³-hybridized carbons (Fsp3) is 0.868. The van der Waals surface area contributed by atoms with Gasteiger partial charge in [-0.2, -0.15) is 0 Å². The number of nitrogens with one attached hydrogen (secondary N) is 2. The molecule has 1 heterocycles. The highest BCUT2D eigenvalue weighted by atomic mass is 16.5. The van der Waals surface area contributed by atoms with Gasteiger partial charge < -0.3 is 29.8 Å². The first-order valence-corrected chi connectivity index (χ1v) is 26.5. The van der Waals surface area contributed by atoms with Gasteiger partial charge in [0.1, 0.15) is 12.2 Å². The first-order valence-electron chi connectivity index (χ1n) is 26.5. The molecule has 0 aliphatic rings. The zero-order chi connectivity index (χ0) is 45.1. The van der Waals surface area contributed by atoms with Crippen LogP contribution in [0.5, 0.6) is 0 Å². The van der Waals surface area contributed by atoms with E-state index in [1.54, 1.807) is 18.5 Å². The summed E-state index contributed by atoms with van der Waals surface area (Å²) in [6.07, 6.45) is 41.0. The fourth-order valence-electron chi connectivity index (χ4n) is 8.43. The van der Waals surface area contributed by atoms with Crippen molar-refractivity contribution in [3.05, 3.63) is 24.0 Å². The molecule has 9 heteroatoms. The second-order valence-corrected chi connectivity index (χ2v) is 18.4. The monoisotopic (exact) mass is 874 g/mol. The van der Waals surface area contributed by atoms with Crippen LogP contribution in [0, 0.1) is 0 Å². The maximum atomic E-state index is 12.9. The van der Waals surface area contributed by atoms with Gasteiger partial charge in [0, 0.05) is 38.3 Å². The molecule has 0 spiro atoms. The molecule has 62 heavy (non-hydrogen) atoms. The molecule has 362 valence electrons. The van der Waals surface area contributed by atoms with Crippen molar-refractivity contribution in [1.82, 2.24) is 15.2 Å². The molecular formula is C53H99N3O6. The lowest BCUT2D eigenvalue weighted by Crippen LogP contribution is -2.34. The Balaban J connectivity index is 2.46. The molecule has 0 bridgehead atoms. The van der Waals surface area contributed by atoms with Crippen LogP contribution in [-0.4, -0.2) is 77.3 Å². The number of carbonyl (C=O) groups excluding carboxylic acids is 3. The highest BCUT2D eigenvalue weighted by Gasteiger charge is 2.16. The van der Waals surface area contributed by atoms with E-state index in [2.05, 4.69) is 42.9 Å². The second kappa shape index (κ2) is 42.6. The summed E-state index contributed by atoms with van der Waals surface area (Å²) in [7, 11) is 0. The number of aromatic nitrogens is 1. The van der Waals surface area contributed by atoms with Crippen LogP contribution in [0.1, 0.15) is 263 Å². The van der Waals surface area contributed by atoms with E-state index in [4.69, 9.17) is 9.47 Å². The number of amides is 1. The molecule has 1 aromatic rings. The van der Waals surface area contributed by atoms with Gasteiger partial charge >= 0.3 is 11.9 Å². The third-order valence-corrected chi connectivity index (χ3v) is 12.5. The average Bonchev–Trinajstić information content (AvgIpc) is 3.81. The summed E-state index contributed by atoms with van der Waals surface area (Å²) in [6.45, 7) is 11.9. The van der Waals surface area contributed by atoms with Gasteiger partial charge in [0.05, 0.1) is 11.7 Å². The first kappa shape index (κ1) is 57.6. The predicted molar refractivity (Wildman–Crippen MR) is 260 cm³/mol. The van der Waals surface area contributed by atoms with Crippen molar-refractivity contribution in [2.24, 2.45) is 0 Å². The zero-order valence-corrected chi connectivity index (χ0v) is 41.0. The van der Waals surface area contributed by atoms with Gasteiger partial charge in [-0.3, -0.25) is 14.4 Å². The third kappa shape index (κ3) is 35.0. The molecule has 0 saturated carbocycles. The second-order valence-electron chi connectivity index (χ2n) is 18.4. The summed E-state index contributed by atoms with van der Waals surface area (Å²) >= 11 is 0. The molecule has 2 atom stereocenters. The number of aliphatic hydroxyl groups is 1. The number of aliphatic hydroxyl groups excluding tert-OH is 1. The molecule has 9 nitrogen and oxygen atoms in total. The normalized spacial score (nSPS) is 12.6. The molecule has 0 fully saturated rings. The summed E-state index contributed by atoms with van der Waals surface area (Å²) in [4.78, 5) is 43.1. The van der Waals surface area contributed by atoms with Crippen molar-refractivity contribution in [2.45, 2.75) is 271 Å². The van der Waals surface area contributed by atoms with E-state index < -0.39 is 6.10 Å². The molecule has 0 saturated heterocycles. The Bertz CT molecular complexity index is 1130. The van der Waals surface area contributed by atoms with E-state index in [0.29, 0.717) is 37.9 Å². The van der Waals surface area contributed by atoms with Crippen LogP contribution in [0.4, 0.5) is 0 Å². The van der Waals surface area contributed by atoms with Gasteiger partial charge in [-0.05, 0) is 109 Å². The molecule has 1 amide bonds. The Morgan fingerprint density at radius 1 is 0.565 bits per heavy atom. The van der Waals surface area contributed by atoms with Crippen LogP contribution >= 0.6 is 0 Å². The maximum absolute atomic E-state index is 12.9. The highest BCUT2D eigenvalue weighted by Crippen LogP contribution is 2.19. The highest BCUT2D eigenvalue weighted by molar-refractivity contribution is 5.93. The lowest BCUT2D eigenvalue weighted by molar-refractivity contribution is -0.150. The number of ether oxygens (including phenoxy) is 2. The van der Waals surface area contributed by atoms with Crippen LogP contribution in [0.25, 0.3) is 0 Å². The zero-order valence-electron chi connectivity index (χ0n) is 41.0. The number of aromatic amines is 1. The molecule has 2 unspecified atom stereocenters. The van der Waals surface area contributed by atoms with Crippen molar-refractivity contribution >= 4 is 17.8 Å². The number of carbonyl (C=O) groups is 3. The molecule has 3 N–H and O–H groups in total. The van der Waals surface area contributed by atoms with E-state index in [1.807, 2.05) is 0 Å². The van der Waals surface area contributed by atoms with Crippen LogP contribution in [0.15, 0.2) is 18.5 Å². The topological polar surface area (TPSA) is 121 Å². The molecule has 0 radical (unpaired) electrons. The van der Waals surface area contributed by atoms with Gasteiger partial charge in [-0.15, -0.1) is 0 Å². The molecule has 1 aromatic heterocycles. The number of unbranched alkanes of at least 4 members (excludes halogenated alkanes) is 22. The van der Waals surface area contributed by atoms with E-state index in [9.17, 15) is 19.5 Å².